The maximum atomic E-state index is 13.0. The predicted molar refractivity (Wildman–Crippen MR) is 62.2 cm³/mol. The Morgan fingerprint density at radius 1 is 1.47 bits per heavy atom. The fraction of sp³-hybridized carbons (Fsp3) is 0.455. The van der Waals surface area contributed by atoms with Gasteiger partial charge in [-0.2, -0.15) is 0 Å². The summed E-state index contributed by atoms with van der Waals surface area (Å²) in [5.41, 5.74) is 0.304. The standard InChI is InChI=1S/C11H15FO4S/c1-8(13)10-7-9(12)3-4-11(10)16-5-6-17(2,14)15/h3-4,7-8,13H,5-6H2,1-2H3/t8-/m1/s1. The summed E-state index contributed by atoms with van der Waals surface area (Å²) in [6.45, 7) is 1.46. The second kappa shape index (κ2) is 5.46. The Bertz CT molecular complexity index is 482. The lowest BCUT2D eigenvalue weighted by atomic mass is 10.1. The largest absolute Gasteiger partial charge is 0.492 e. The Hall–Kier alpha value is -1.14. The van der Waals surface area contributed by atoms with Crippen LogP contribution in [0.15, 0.2) is 18.2 Å². The van der Waals surface area contributed by atoms with Gasteiger partial charge in [0.2, 0.25) is 0 Å². The summed E-state index contributed by atoms with van der Waals surface area (Å²) >= 11 is 0. The molecule has 0 aliphatic carbocycles. The van der Waals surface area contributed by atoms with Crippen molar-refractivity contribution >= 4 is 9.84 Å². The van der Waals surface area contributed by atoms with Crippen molar-refractivity contribution in [2.45, 2.75) is 13.0 Å². The topological polar surface area (TPSA) is 63.6 Å². The van der Waals surface area contributed by atoms with E-state index >= 15 is 0 Å². The minimum atomic E-state index is -3.10. The van der Waals surface area contributed by atoms with Gasteiger partial charge in [-0.05, 0) is 25.1 Å². The zero-order chi connectivity index (χ0) is 13.1. The molecule has 0 saturated heterocycles. The maximum Gasteiger partial charge on any atom is 0.150 e. The number of aliphatic hydroxyl groups excluding tert-OH is 1. The van der Waals surface area contributed by atoms with Gasteiger partial charge in [0, 0.05) is 11.8 Å². The third-order valence-electron chi connectivity index (χ3n) is 2.13. The van der Waals surface area contributed by atoms with E-state index in [2.05, 4.69) is 0 Å². The zero-order valence-corrected chi connectivity index (χ0v) is 10.5. The molecule has 17 heavy (non-hydrogen) atoms. The van der Waals surface area contributed by atoms with E-state index in [0.29, 0.717) is 11.3 Å². The monoisotopic (exact) mass is 262 g/mol. The zero-order valence-electron chi connectivity index (χ0n) is 9.68. The van der Waals surface area contributed by atoms with Crippen LogP contribution in [0.1, 0.15) is 18.6 Å². The number of sulfone groups is 1. The fourth-order valence-corrected chi connectivity index (χ4v) is 1.67. The highest BCUT2D eigenvalue weighted by molar-refractivity contribution is 7.90. The molecule has 96 valence electrons. The fourth-order valence-electron chi connectivity index (χ4n) is 1.28. The van der Waals surface area contributed by atoms with Crippen molar-refractivity contribution in [1.82, 2.24) is 0 Å². The maximum absolute atomic E-state index is 13.0. The smallest absolute Gasteiger partial charge is 0.150 e. The van der Waals surface area contributed by atoms with Gasteiger partial charge in [0.25, 0.3) is 0 Å². The molecule has 6 heteroatoms. The quantitative estimate of drug-likeness (QED) is 0.868. The van der Waals surface area contributed by atoms with Gasteiger partial charge in [-0.25, -0.2) is 12.8 Å². The van der Waals surface area contributed by atoms with Crippen LogP contribution < -0.4 is 4.74 Å². The van der Waals surface area contributed by atoms with Crippen LogP contribution in [0.2, 0.25) is 0 Å². The van der Waals surface area contributed by atoms with Crippen molar-refractivity contribution in [2.24, 2.45) is 0 Å². The summed E-state index contributed by atoms with van der Waals surface area (Å²) in [7, 11) is -3.10. The van der Waals surface area contributed by atoms with Gasteiger partial charge in [-0.1, -0.05) is 0 Å². The Morgan fingerprint density at radius 2 is 2.12 bits per heavy atom. The van der Waals surface area contributed by atoms with Gasteiger partial charge in [-0.15, -0.1) is 0 Å². The first kappa shape index (κ1) is 13.9. The lowest BCUT2D eigenvalue weighted by Crippen LogP contribution is -2.13. The molecule has 0 aliphatic rings. The second-order valence-corrected chi connectivity index (χ2v) is 6.10. The molecule has 0 aliphatic heterocycles. The molecule has 1 aromatic rings. The lowest BCUT2D eigenvalue weighted by Gasteiger charge is -2.13. The predicted octanol–water partition coefficient (Wildman–Crippen LogP) is 1.30. The van der Waals surface area contributed by atoms with Crippen molar-refractivity contribution in [3.63, 3.8) is 0 Å². The average Bonchev–Trinajstić information content (AvgIpc) is 2.18. The van der Waals surface area contributed by atoms with E-state index in [1.165, 1.54) is 25.1 Å². The van der Waals surface area contributed by atoms with Crippen molar-refractivity contribution in [2.75, 3.05) is 18.6 Å². The van der Waals surface area contributed by atoms with Crippen LogP contribution in [0.25, 0.3) is 0 Å². The number of hydrogen-bond donors (Lipinski definition) is 1. The van der Waals surface area contributed by atoms with Crippen LogP contribution in [0.5, 0.6) is 5.75 Å². The second-order valence-electron chi connectivity index (χ2n) is 3.84. The molecule has 1 aromatic carbocycles. The molecule has 0 radical (unpaired) electrons. The lowest BCUT2D eigenvalue weighted by molar-refractivity contribution is 0.191. The van der Waals surface area contributed by atoms with E-state index in [1.54, 1.807) is 0 Å². The van der Waals surface area contributed by atoms with Crippen molar-refractivity contribution < 1.29 is 22.7 Å². The van der Waals surface area contributed by atoms with E-state index in [1.807, 2.05) is 0 Å². The Morgan fingerprint density at radius 3 is 2.65 bits per heavy atom. The summed E-state index contributed by atoms with van der Waals surface area (Å²) in [6, 6.07) is 3.74. The third-order valence-corrected chi connectivity index (χ3v) is 3.04. The van der Waals surface area contributed by atoms with Gasteiger partial charge < -0.3 is 9.84 Å². The van der Waals surface area contributed by atoms with Crippen molar-refractivity contribution in [1.29, 1.82) is 0 Å². The molecule has 0 bridgehead atoms. The summed E-state index contributed by atoms with van der Waals surface area (Å²) in [5, 5.41) is 9.42. The van der Waals surface area contributed by atoms with Crippen LogP contribution in [-0.2, 0) is 9.84 Å². The molecule has 0 saturated carbocycles. The minimum Gasteiger partial charge on any atom is -0.492 e. The molecule has 0 fully saturated rings. The number of halogens is 1. The highest BCUT2D eigenvalue weighted by Crippen LogP contribution is 2.25. The SMILES string of the molecule is C[C@@H](O)c1cc(F)ccc1OCCS(C)(=O)=O. The Labute approximate surface area is 100.0 Å². The van der Waals surface area contributed by atoms with E-state index in [4.69, 9.17) is 4.74 Å². The number of rotatable bonds is 5. The molecule has 1 N–H and O–H groups in total. The number of aliphatic hydroxyl groups is 1. The van der Waals surface area contributed by atoms with Gasteiger partial charge >= 0.3 is 0 Å². The van der Waals surface area contributed by atoms with Gasteiger partial charge in [0.15, 0.2) is 9.84 Å². The van der Waals surface area contributed by atoms with Crippen LogP contribution >= 0.6 is 0 Å². The Balaban J connectivity index is 2.77. The van der Waals surface area contributed by atoms with Crippen molar-refractivity contribution in [3.05, 3.63) is 29.6 Å². The van der Waals surface area contributed by atoms with Crippen LogP contribution in [0, 0.1) is 5.82 Å². The molecule has 4 nitrogen and oxygen atoms in total. The van der Waals surface area contributed by atoms with Gasteiger partial charge in [0.1, 0.15) is 18.2 Å². The highest BCUT2D eigenvalue weighted by atomic mass is 32.2. The number of benzene rings is 1. The Kier molecular flexibility index (Phi) is 4.47. The number of hydrogen-bond acceptors (Lipinski definition) is 4. The molecular weight excluding hydrogens is 247 g/mol. The summed E-state index contributed by atoms with van der Waals surface area (Å²) in [4.78, 5) is 0. The summed E-state index contributed by atoms with van der Waals surface area (Å²) < 4.78 is 40.0. The molecule has 0 heterocycles. The normalized spacial score (nSPS) is 13.4. The summed E-state index contributed by atoms with van der Waals surface area (Å²) in [6.07, 6.45) is 0.232. The molecule has 0 spiro atoms. The van der Waals surface area contributed by atoms with Crippen LogP contribution in [0.4, 0.5) is 4.39 Å². The first-order chi connectivity index (χ1) is 7.79. The first-order valence-corrected chi connectivity index (χ1v) is 7.13. The first-order valence-electron chi connectivity index (χ1n) is 5.07. The van der Waals surface area contributed by atoms with E-state index in [0.717, 1.165) is 6.26 Å². The van der Waals surface area contributed by atoms with E-state index in [9.17, 15) is 17.9 Å². The van der Waals surface area contributed by atoms with Crippen LogP contribution in [-0.4, -0.2) is 32.1 Å². The third kappa shape index (κ3) is 4.70. The summed E-state index contributed by atoms with van der Waals surface area (Å²) in [5.74, 6) is -0.301. The molecular formula is C11H15FO4S. The molecule has 0 amide bonds. The van der Waals surface area contributed by atoms with E-state index < -0.39 is 21.8 Å². The molecule has 0 aromatic heterocycles. The number of ether oxygens (including phenoxy) is 1. The minimum absolute atomic E-state index is 0.0236. The average molecular weight is 262 g/mol. The van der Waals surface area contributed by atoms with Crippen molar-refractivity contribution in [3.8, 4) is 5.75 Å². The highest BCUT2D eigenvalue weighted by Gasteiger charge is 2.11. The molecule has 0 unspecified atom stereocenters. The van der Waals surface area contributed by atoms with Gasteiger partial charge in [-0.3, -0.25) is 0 Å². The van der Waals surface area contributed by atoms with E-state index in [-0.39, 0.29) is 12.4 Å². The molecule has 1 rings (SSSR count). The molecule has 1 atom stereocenters. The van der Waals surface area contributed by atoms with Gasteiger partial charge in [0.05, 0.1) is 11.9 Å². The van der Waals surface area contributed by atoms with Crippen LogP contribution in [0.3, 0.4) is 0 Å².